The van der Waals surface area contributed by atoms with Crippen LogP contribution in [0.1, 0.15) is 44.0 Å². The number of H-pyrrole nitrogens is 1. The van der Waals surface area contributed by atoms with Crippen molar-refractivity contribution in [2.24, 2.45) is 5.92 Å². The second kappa shape index (κ2) is 8.97. The van der Waals surface area contributed by atoms with Gasteiger partial charge in [-0.15, -0.1) is 0 Å². The summed E-state index contributed by atoms with van der Waals surface area (Å²) in [6.45, 7) is 6.08. The molecule has 0 unspecified atom stereocenters. The van der Waals surface area contributed by atoms with Gasteiger partial charge in [0.25, 0.3) is 0 Å². The van der Waals surface area contributed by atoms with E-state index in [0.717, 1.165) is 48.4 Å². The quantitative estimate of drug-likeness (QED) is 0.557. The van der Waals surface area contributed by atoms with Gasteiger partial charge in [0.15, 0.2) is 0 Å². The lowest BCUT2D eigenvalue weighted by Gasteiger charge is -2.43. The third-order valence-corrected chi connectivity index (χ3v) is 6.35. The van der Waals surface area contributed by atoms with E-state index in [1.807, 2.05) is 24.3 Å². The molecule has 166 valence electrons. The number of aromatic nitrogens is 2. The molecule has 0 saturated carbocycles. The maximum absolute atomic E-state index is 13.6. The molecule has 3 aromatic rings. The zero-order valence-corrected chi connectivity index (χ0v) is 18.6. The number of fused-ring (bicyclic) bond motifs is 2. The lowest BCUT2D eigenvalue weighted by Crippen LogP contribution is -2.49. The summed E-state index contributed by atoms with van der Waals surface area (Å²) in [5, 5.41) is 11.5. The molecule has 0 aliphatic carbocycles. The van der Waals surface area contributed by atoms with Gasteiger partial charge in [0.05, 0.1) is 11.0 Å². The number of hydrogen-bond donors (Lipinski definition) is 2. The van der Waals surface area contributed by atoms with E-state index in [0.29, 0.717) is 12.2 Å². The minimum Gasteiger partial charge on any atom is -0.490 e. The molecule has 1 aliphatic heterocycles. The summed E-state index contributed by atoms with van der Waals surface area (Å²) in [6.07, 6.45) is 2.48. The van der Waals surface area contributed by atoms with Gasteiger partial charge in [0.2, 0.25) is 0 Å². The highest BCUT2D eigenvalue weighted by atomic mass is 19.1. The number of aromatic amines is 1. The van der Waals surface area contributed by atoms with Crippen LogP contribution in [0, 0.1) is 11.7 Å². The Morgan fingerprint density at radius 1 is 1.26 bits per heavy atom. The maximum atomic E-state index is 13.6. The maximum Gasteiger partial charge on any atom is 0.126 e. The molecule has 5 nitrogen and oxygen atoms in total. The van der Waals surface area contributed by atoms with Crippen molar-refractivity contribution in [2.45, 2.75) is 44.6 Å². The number of hydrogen-bond acceptors (Lipinski definition) is 4. The minimum atomic E-state index is -0.966. The third-order valence-electron chi connectivity index (χ3n) is 6.35. The van der Waals surface area contributed by atoms with Crippen LogP contribution < -0.4 is 4.74 Å². The summed E-state index contributed by atoms with van der Waals surface area (Å²) >= 11 is 0. The lowest BCUT2D eigenvalue weighted by atomic mass is 9.72. The molecule has 1 aliphatic rings. The van der Waals surface area contributed by atoms with Crippen LogP contribution in [-0.4, -0.2) is 52.3 Å². The fraction of sp³-hybridized carbons (Fsp3) is 0.480. The number of para-hydroxylation sites is 2. The Hall–Kier alpha value is -2.44. The van der Waals surface area contributed by atoms with Crippen LogP contribution in [0.15, 0.2) is 42.5 Å². The number of aliphatic hydroxyl groups is 1. The van der Waals surface area contributed by atoms with Crippen molar-refractivity contribution in [3.63, 3.8) is 0 Å². The van der Waals surface area contributed by atoms with Gasteiger partial charge in [0, 0.05) is 30.5 Å². The topological polar surface area (TPSA) is 61.4 Å². The van der Waals surface area contributed by atoms with Gasteiger partial charge in [-0.3, -0.25) is 0 Å². The van der Waals surface area contributed by atoms with Crippen LogP contribution in [-0.2, 0) is 6.42 Å². The van der Waals surface area contributed by atoms with E-state index >= 15 is 0 Å². The molecular formula is C25H32FN3O2. The molecule has 0 saturated heterocycles. The number of ether oxygens (including phenoxy) is 1. The van der Waals surface area contributed by atoms with Crippen molar-refractivity contribution in [3.8, 4) is 5.75 Å². The number of imidazole rings is 1. The van der Waals surface area contributed by atoms with Gasteiger partial charge in [-0.05, 0) is 50.6 Å². The Balaban J connectivity index is 1.33. The summed E-state index contributed by atoms with van der Waals surface area (Å²) in [5.41, 5.74) is 2.01. The summed E-state index contributed by atoms with van der Waals surface area (Å²) in [4.78, 5) is 10.3. The van der Waals surface area contributed by atoms with Crippen molar-refractivity contribution in [1.82, 2.24) is 14.9 Å². The molecule has 31 heavy (non-hydrogen) atoms. The van der Waals surface area contributed by atoms with Crippen LogP contribution in [0.2, 0.25) is 0 Å². The van der Waals surface area contributed by atoms with E-state index in [1.165, 1.54) is 12.1 Å². The first-order valence-electron chi connectivity index (χ1n) is 11.1. The molecule has 2 aromatic carbocycles. The van der Waals surface area contributed by atoms with Crippen LogP contribution in [0.3, 0.4) is 0 Å². The van der Waals surface area contributed by atoms with Gasteiger partial charge in [-0.2, -0.15) is 0 Å². The van der Waals surface area contributed by atoms with Crippen molar-refractivity contribution in [2.75, 3.05) is 26.7 Å². The van der Waals surface area contributed by atoms with E-state index in [-0.39, 0.29) is 24.3 Å². The number of nitrogens with zero attached hydrogens (tertiary/aromatic N) is 2. The first-order valence-corrected chi connectivity index (χ1v) is 11.1. The molecule has 0 bridgehead atoms. The Morgan fingerprint density at radius 2 is 2.06 bits per heavy atom. The molecule has 2 atom stereocenters. The number of nitrogens with one attached hydrogen (secondary N) is 1. The summed E-state index contributed by atoms with van der Waals surface area (Å²) in [5.74, 6) is 1.40. The predicted octanol–water partition coefficient (Wildman–Crippen LogP) is 4.52. The average molecular weight is 426 g/mol. The van der Waals surface area contributed by atoms with Crippen LogP contribution in [0.4, 0.5) is 4.39 Å². The number of benzene rings is 2. The SMILES string of the molecule is CC(C)[C@H]1c2ccc(F)cc2OC[C@@]1(O)CCN(C)CCCc1nc2ccccc2[nH]1. The molecule has 1 aromatic heterocycles. The average Bonchev–Trinajstić information content (AvgIpc) is 3.15. The number of rotatable bonds is 8. The second-order valence-corrected chi connectivity index (χ2v) is 9.15. The zero-order valence-electron chi connectivity index (χ0n) is 18.6. The molecule has 2 heterocycles. The Bertz CT molecular complexity index is 1000. The smallest absolute Gasteiger partial charge is 0.126 e. The lowest BCUT2D eigenvalue weighted by molar-refractivity contribution is -0.0640. The van der Waals surface area contributed by atoms with E-state index in [4.69, 9.17) is 4.74 Å². The summed E-state index contributed by atoms with van der Waals surface area (Å²) < 4.78 is 19.4. The Labute approximate surface area is 183 Å². The largest absolute Gasteiger partial charge is 0.490 e. The molecular weight excluding hydrogens is 393 g/mol. The monoisotopic (exact) mass is 425 g/mol. The standard InChI is InChI=1S/C25H32FN3O2/c1-17(2)24-19-11-10-18(26)15-22(19)31-16-25(24,30)12-14-29(3)13-6-9-23-27-20-7-4-5-8-21(20)28-23/h4-5,7-8,10-11,15,17,24,30H,6,9,12-14,16H2,1-3H3,(H,27,28)/t24-,25-/m0/s1. The highest BCUT2D eigenvalue weighted by Gasteiger charge is 2.44. The van der Waals surface area contributed by atoms with Gasteiger partial charge >= 0.3 is 0 Å². The first-order chi connectivity index (χ1) is 14.9. The van der Waals surface area contributed by atoms with Crippen molar-refractivity contribution < 1.29 is 14.2 Å². The predicted molar refractivity (Wildman–Crippen MR) is 121 cm³/mol. The van der Waals surface area contributed by atoms with Gasteiger partial charge in [-0.1, -0.05) is 32.0 Å². The highest BCUT2D eigenvalue weighted by Crippen LogP contribution is 2.45. The number of halogens is 1. The summed E-state index contributed by atoms with van der Waals surface area (Å²) in [6, 6.07) is 12.7. The van der Waals surface area contributed by atoms with Gasteiger partial charge in [-0.25, -0.2) is 9.37 Å². The van der Waals surface area contributed by atoms with Crippen molar-refractivity contribution in [3.05, 3.63) is 59.7 Å². The Morgan fingerprint density at radius 3 is 2.84 bits per heavy atom. The number of aryl methyl sites for hydroxylation is 1. The normalized spacial score (nSPS) is 20.9. The Kier molecular flexibility index (Phi) is 6.30. The zero-order chi connectivity index (χ0) is 22.0. The van der Waals surface area contributed by atoms with Crippen LogP contribution in [0.25, 0.3) is 11.0 Å². The molecule has 0 spiro atoms. The van der Waals surface area contributed by atoms with E-state index in [1.54, 1.807) is 6.07 Å². The van der Waals surface area contributed by atoms with Crippen molar-refractivity contribution >= 4 is 11.0 Å². The van der Waals surface area contributed by atoms with Crippen LogP contribution in [0.5, 0.6) is 5.75 Å². The van der Waals surface area contributed by atoms with Gasteiger partial charge in [0.1, 0.15) is 29.6 Å². The molecule has 6 heteroatoms. The van der Waals surface area contributed by atoms with Crippen LogP contribution >= 0.6 is 0 Å². The fourth-order valence-electron chi connectivity index (χ4n) is 4.82. The molecule has 0 amide bonds. The first kappa shape index (κ1) is 21.8. The highest BCUT2D eigenvalue weighted by molar-refractivity contribution is 5.74. The molecule has 0 radical (unpaired) electrons. The fourth-order valence-corrected chi connectivity index (χ4v) is 4.82. The van der Waals surface area contributed by atoms with E-state index < -0.39 is 5.60 Å². The molecule has 4 rings (SSSR count). The van der Waals surface area contributed by atoms with E-state index in [2.05, 4.69) is 35.8 Å². The minimum absolute atomic E-state index is 0.0826. The molecule has 0 fully saturated rings. The third kappa shape index (κ3) is 4.75. The molecule has 2 N–H and O–H groups in total. The second-order valence-electron chi connectivity index (χ2n) is 9.15. The van der Waals surface area contributed by atoms with Gasteiger partial charge < -0.3 is 19.7 Å². The summed E-state index contributed by atoms with van der Waals surface area (Å²) in [7, 11) is 2.08. The van der Waals surface area contributed by atoms with E-state index in [9.17, 15) is 9.50 Å². The van der Waals surface area contributed by atoms with Crippen molar-refractivity contribution in [1.29, 1.82) is 0 Å².